The van der Waals surface area contributed by atoms with Gasteiger partial charge in [0.2, 0.25) is 0 Å². The van der Waals surface area contributed by atoms with Gasteiger partial charge in [0.25, 0.3) is 0 Å². The van der Waals surface area contributed by atoms with E-state index in [4.69, 9.17) is 14.0 Å². The summed E-state index contributed by atoms with van der Waals surface area (Å²) >= 11 is 0. The predicted molar refractivity (Wildman–Crippen MR) is 151 cm³/mol. The molecule has 0 saturated carbocycles. The van der Waals surface area contributed by atoms with Crippen LogP contribution >= 0.6 is 0 Å². The molecule has 1 spiro atoms. The number of carbonyl (C=O) groups excluding carboxylic acids is 1. The summed E-state index contributed by atoms with van der Waals surface area (Å²) in [6, 6.07) is 12.8. The van der Waals surface area contributed by atoms with Gasteiger partial charge in [-0.05, 0) is 36.4 Å². The Morgan fingerprint density at radius 2 is 1.75 bits per heavy atom. The first-order chi connectivity index (χ1) is 19.2. The molecule has 0 aliphatic carbocycles. The number of amides is 2. The zero-order chi connectivity index (χ0) is 27.7. The Balaban J connectivity index is 1.01. The summed E-state index contributed by atoms with van der Waals surface area (Å²) in [5.41, 5.74) is 2.64. The molecule has 0 radical (unpaired) electrons. The lowest BCUT2D eigenvalue weighted by atomic mass is 9.78. The van der Waals surface area contributed by atoms with Gasteiger partial charge in [-0.25, -0.2) is 9.78 Å². The predicted octanol–water partition coefficient (Wildman–Crippen LogP) is 4.37. The maximum atomic E-state index is 12.4. The quantitative estimate of drug-likeness (QED) is 0.350. The summed E-state index contributed by atoms with van der Waals surface area (Å²) in [7, 11) is 0. The number of hydrogen-bond acceptors (Lipinski definition) is 7. The standard InChI is InChI=1S/C30H32N6O4/c1-29(2,3)24-14-25(34-40-24)32-28(37)33-26-16-36-15-22(8-11-27(36)31-26)5-4-21-6-9-23(10-7-21)39-13-12-35-17-30(18-35)19-38-20-30/h6-11,14-16H,12-13,17-20H2,1-3H3,(H2,32,33,34,37). The molecule has 40 heavy (non-hydrogen) atoms. The van der Waals surface area contributed by atoms with E-state index in [2.05, 4.69) is 37.5 Å². The highest BCUT2D eigenvalue weighted by Crippen LogP contribution is 2.37. The Hall–Kier alpha value is -4.33. The molecule has 5 heterocycles. The Morgan fingerprint density at radius 3 is 2.45 bits per heavy atom. The molecule has 2 amide bonds. The van der Waals surface area contributed by atoms with Gasteiger partial charge in [-0.3, -0.25) is 15.5 Å². The molecule has 6 rings (SSSR count). The number of hydrogen-bond donors (Lipinski definition) is 2. The van der Waals surface area contributed by atoms with Crippen LogP contribution in [0.5, 0.6) is 5.75 Å². The van der Waals surface area contributed by atoms with E-state index in [1.807, 2.05) is 67.8 Å². The van der Waals surface area contributed by atoms with Crippen molar-refractivity contribution >= 4 is 23.3 Å². The highest BCUT2D eigenvalue weighted by Gasteiger charge is 2.48. The van der Waals surface area contributed by atoms with Crippen LogP contribution in [0.2, 0.25) is 0 Å². The van der Waals surface area contributed by atoms with E-state index in [1.165, 1.54) is 0 Å². The van der Waals surface area contributed by atoms with Crippen LogP contribution in [0.3, 0.4) is 0 Å². The molecule has 2 fully saturated rings. The molecule has 2 saturated heterocycles. The topological polar surface area (TPSA) is 106 Å². The third-order valence-corrected chi connectivity index (χ3v) is 7.00. The molecule has 2 aliphatic heterocycles. The number of anilines is 2. The first-order valence-electron chi connectivity index (χ1n) is 13.3. The Bertz CT molecular complexity index is 1580. The third-order valence-electron chi connectivity index (χ3n) is 7.00. The molecule has 206 valence electrons. The van der Waals surface area contributed by atoms with Gasteiger partial charge in [0, 0.05) is 53.9 Å². The SMILES string of the molecule is CC(C)(C)c1cc(NC(=O)Nc2cn3cc(C#Cc4ccc(OCCN5CC6(COC6)C5)cc4)ccc3n2)no1. The smallest absolute Gasteiger partial charge is 0.326 e. The van der Waals surface area contributed by atoms with E-state index >= 15 is 0 Å². The number of ether oxygens (including phenoxy) is 2. The summed E-state index contributed by atoms with van der Waals surface area (Å²) in [4.78, 5) is 19.3. The first kappa shape index (κ1) is 25.9. The average molecular weight is 541 g/mol. The fourth-order valence-electron chi connectivity index (χ4n) is 4.78. The van der Waals surface area contributed by atoms with Crippen molar-refractivity contribution in [1.29, 1.82) is 0 Å². The molecule has 2 N–H and O–H groups in total. The van der Waals surface area contributed by atoms with Crippen molar-refractivity contribution in [2.75, 3.05) is 50.1 Å². The van der Waals surface area contributed by atoms with Crippen molar-refractivity contribution in [3.63, 3.8) is 0 Å². The maximum Gasteiger partial charge on any atom is 0.326 e. The number of fused-ring (bicyclic) bond motifs is 1. The fourth-order valence-corrected chi connectivity index (χ4v) is 4.78. The molecule has 10 heteroatoms. The first-order valence-corrected chi connectivity index (χ1v) is 13.3. The molecular weight excluding hydrogens is 508 g/mol. The molecular formula is C30H32N6O4. The molecule has 0 unspecified atom stereocenters. The van der Waals surface area contributed by atoms with Crippen molar-refractivity contribution in [2.24, 2.45) is 5.41 Å². The third kappa shape index (κ3) is 5.81. The van der Waals surface area contributed by atoms with Crippen LogP contribution in [-0.2, 0) is 10.2 Å². The number of urea groups is 1. The Morgan fingerprint density at radius 1 is 1.02 bits per heavy atom. The van der Waals surface area contributed by atoms with Crippen LogP contribution in [-0.4, -0.2) is 64.9 Å². The molecule has 10 nitrogen and oxygen atoms in total. The molecule has 2 aliphatic rings. The van der Waals surface area contributed by atoms with E-state index in [0.29, 0.717) is 35.1 Å². The zero-order valence-electron chi connectivity index (χ0n) is 22.9. The summed E-state index contributed by atoms with van der Waals surface area (Å²) in [6.45, 7) is 11.7. The summed E-state index contributed by atoms with van der Waals surface area (Å²) in [5.74, 6) is 8.65. The number of imidazole rings is 1. The van der Waals surface area contributed by atoms with Crippen LogP contribution in [0.15, 0.2) is 59.4 Å². The van der Waals surface area contributed by atoms with E-state index in [9.17, 15) is 4.79 Å². The largest absolute Gasteiger partial charge is 0.492 e. The van der Waals surface area contributed by atoms with E-state index < -0.39 is 6.03 Å². The maximum absolute atomic E-state index is 12.4. The van der Waals surface area contributed by atoms with E-state index in [1.54, 1.807) is 12.3 Å². The second-order valence-electron chi connectivity index (χ2n) is 11.5. The Labute approximate surface area is 232 Å². The molecule has 3 aromatic heterocycles. The van der Waals surface area contributed by atoms with Crippen molar-refractivity contribution < 1.29 is 18.8 Å². The highest BCUT2D eigenvalue weighted by molar-refractivity contribution is 5.98. The van der Waals surface area contributed by atoms with Crippen molar-refractivity contribution in [1.82, 2.24) is 19.4 Å². The monoisotopic (exact) mass is 540 g/mol. The van der Waals surface area contributed by atoms with Crippen LogP contribution in [0.25, 0.3) is 5.65 Å². The number of carbonyl (C=O) groups is 1. The minimum absolute atomic E-state index is 0.201. The second kappa shape index (κ2) is 10.3. The molecule has 0 atom stereocenters. The van der Waals surface area contributed by atoms with Crippen LogP contribution in [0.4, 0.5) is 16.4 Å². The van der Waals surface area contributed by atoms with Gasteiger partial charge in [0.05, 0.1) is 19.4 Å². The average Bonchev–Trinajstić information content (AvgIpc) is 3.50. The second-order valence-corrected chi connectivity index (χ2v) is 11.5. The lowest BCUT2D eigenvalue weighted by Gasteiger charge is -2.55. The summed E-state index contributed by atoms with van der Waals surface area (Å²) in [6.07, 6.45) is 3.61. The Kier molecular flexibility index (Phi) is 6.70. The van der Waals surface area contributed by atoms with E-state index in [0.717, 1.165) is 49.7 Å². The van der Waals surface area contributed by atoms with Gasteiger partial charge in [-0.15, -0.1) is 0 Å². The molecule has 4 aromatic rings. The highest BCUT2D eigenvalue weighted by atomic mass is 16.5. The summed E-state index contributed by atoms with van der Waals surface area (Å²) < 4.78 is 18.4. The van der Waals surface area contributed by atoms with Crippen LogP contribution in [0, 0.1) is 17.3 Å². The van der Waals surface area contributed by atoms with Crippen molar-refractivity contribution in [3.8, 4) is 17.6 Å². The number of pyridine rings is 1. The number of aromatic nitrogens is 3. The van der Waals surface area contributed by atoms with Gasteiger partial charge in [0.1, 0.15) is 23.8 Å². The number of nitrogens with one attached hydrogen (secondary N) is 2. The van der Waals surface area contributed by atoms with Gasteiger partial charge in [-0.1, -0.05) is 37.8 Å². The number of likely N-dealkylation sites (tertiary alicyclic amines) is 1. The number of benzene rings is 1. The minimum Gasteiger partial charge on any atom is -0.492 e. The van der Waals surface area contributed by atoms with Crippen LogP contribution < -0.4 is 15.4 Å². The van der Waals surface area contributed by atoms with Gasteiger partial charge >= 0.3 is 6.03 Å². The van der Waals surface area contributed by atoms with Crippen molar-refractivity contribution in [3.05, 3.63) is 71.7 Å². The number of nitrogens with zero attached hydrogens (tertiary/aromatic N) is 4. The van der Waals surface area contributed by atoms with Gasteiger partial charge in [-0.2, -0.15) is 0 Å². The zero-order valence-corrected chi connectivity index (χ0v) is 22.9. The van der Waals surface area contributed by atoms with Crippen LogP contribution in [0.1, 0.15) is 37.7 Å². The van der Waals surface area contributed by atoms with Gasteiger partial charge < -0.3 is 18.4 Å². The summed E-state index contributed by atoms with van der Waals surface area (Å²) in [5, 5.41) is 9.30. The minimum atomic E-state index is -0.456. The lowest BCUT2D eigenvalue weighted by molar-refractivity contribution is -0.189. The normalized spacial score (nSPS) is 16.1. The van der Waals surface area contributed by atoms with Crippen molar-refractivity contribution in [2.45, 2.75) is 26.2 Å². The molecule has 1 aromatic carbocycles. The number of rotatable bonds is 6. The van der Waals surface area contributed by atoms with E-state index in [-0.39, 0.29) is 5.41 Å². The lowest BCUT2D eigenvalue weighted by Crippen LogP contribution is -2.66. The van der Waals surface area contributed by atoms with Gasteiger partial charge in [0.15, 0.2) is 11.6 Å². The fraction of sp³-hybridized carbons (Fsp3) is 0.367. The molecule has 0 bridgehead atoms.